The van der Waals surface area contributed by atoms with Crippen molar-refractivity contribution in [2.75, 3.05) is 6.61 Å². The van der Waals surface area contributed by atoms with Crippen LogP contribution >= 0.6 is 0 Å². The highest BCUT2D eigenvalue weighted by molar-refractivity contribution is 5.93. The fraction of sp³-hybridized carbons (Fsp3) is 0.625. The topological polar surface area (TPSA) is 134 Å². The summed E-state index contributed by atoms with van der Waals surface area (Å²) in [5.41, 5.74) is 1.82. The van der Waals surface area contributed by atoms with Gasteiger partial charge in [-0.25, -0.2) is 5.84 Å². The van der Waals surface area contributed by atoms with Crippen LogP contribution in [0.1, 0.15) is 12.8 Å². The van der Waals surface area contributed by atoms with Crippen LogP contribution in [-0.4, -0.2) is 41.5 Å². The molecule has 2 unspecified atom stereocenters. The van der Waals surface area contributed by atoms with Crippen molar-refractivity contribution in [1.29, 1.82) is 0 Å². The first-order valence-corrected chi connectivity index (χ1v) is 4.79. The lowest BCUT2D eigenvalue weighted by Gasteiger charge is -2.17. The minimum atomic E-state index is -1.10. The number of nitrogens with two attached hydrogens (primary N) is 1. The molecule has 1 heterocycles. The molecule has 0 spiro atoms. The average molecular weight is 230 g/mol. The van der Waals surface area contributed by atoms with E-state index < -0.39 is 30.5 Å². The van der Waals surface area contributed by atoms with Crippen molar-refractivity contribution in [3.05, 3.63) is 0 Å². The Bertz CT molecular complexity index is 306. The molecule has 0 aliphatic carbocycles. The van der Waals surface area contributed by atoms with E-state index in [4.69, 9.17) is 10.9 Å². The van der Waals surface area contributed by atoms with Gasteiger partial charge in [-0.3, -0.25) is 19.8 Å². The van der Waals surface area contributed by atoms with Gasteiger partial charge in [0.2, 0.25) is 11.8 Å². The molecule has 1 rings (SSSR count). The van der Waals surface area contributed by atoms with E-state index in [0.29, 0.717) is 6.42 Å². The molecule has 0 bridgehead atoms. The number of hydrogen-bond donors (Lipinski definition) is 5. The zero-order valence-corrected chi connectivity index (χ0v) is 8.53. The van der Waals surface area contributed by atoms with Gasteiger partial charge in [0.25, 0.3) is 5.91 Å². The van der Waals surface area contributed by atoms with Gasteiger partial charge in [0.05, 0.1) is 6.61 Å². The van der Waals surface area contributed by atoms with Gasteiger partial charge < -0.3 is 15.7 Å². The van der Waals surface area contributed by atoms with Crippen LogP contribution < -0.4 is 21.9 Å². The first-order chi connectivity index (χ1) is 7.58. The van der Waals surface area contributed by atoms with E-state index in [0.717, 1.165) is 0 Å². The smallest absolute Gasteiger partial charge is 0.258 e. The highest BCUT2D eigenvalue weighted by Crippen LogP contribution is 2.06. The second-order valence-corrected chi connectivity index (χ2v) is 3.41. The molecule has 1 saturated heterocycles. The molecule has 1 aliphatic heterocycles. The van der Waals surface area contributed by atoms with Crippen molar-refractivity contribution in [3.8, 4) is 0 Å². The summed E-state index contributed by atoms with van der Waals surface area (Å²) in [5.74, 6) is 3.46. The zero-order chi connectivity index (χ0) is 12.1. The fourth-order valence-corrected chi connectivity index (χ4v) is 1.38. The maximum Gasteiger partial charge on any atom is 0.258 e. The summed E-state index contributed by atoms with van der Waals surface area (Å²) >= 11 is 0. The van der Waals surface area contributed by atoms with Crippen LogP contribution in [-0.2, 0) is 14.4 Å². The van der Waals surface area contributed by atoms with E-state index in [1.807, 2.05) is 5.43 Å². The molecule has 0 saturated carbocycles. The second kappa shape index (κ2) is 5.42. The SMILES string of the molecule is NNC(=O)C(CO)NC(=O)C1CCC(=O)N1. The van der Waals surface area contributed by atoms with Crippen molar-refractivity contribution in [1.82, 2.24) is 16.1 Å². The predicted octanol–water partition coefficient (Wildman–Crippen LogP) is -3.27. The Labute approximate surface area is 91.5 Å². The van der Waals surface area contributed by atoms with E-state index in [1.165, 1.54) is 0 Å². The van der Waals surface area contributed by atoms with E-state index in [1.54, 1.807) is 0 Å². The Kier molecular flexibility index (Phi) is 4.20. The third kappa shape index (κ3) is 2.91. The van der Waals surface area contributed by atoms with Crippen molar-refractivity contribution in [2.45, 2.75) is 24.9 Å². The van der Waals surface area contributed by atoms with E-state index >= 15 is 0 Å². The highest BCUT2D eigenvalue weighted by atomic mass is 16.3. The molecule has 0 aromatic heterocycles. The number of aliphatic hydroxyl groups excluding tert-OH is 1. The number of aliphatic hydroxyl groups is 1. The van der Waals surface area contributed by atoms with Gasteiger partial charge in [0, 0.05) is 6.42 Å². The Morgan fingerprint density at radius 2 is 2.31 bits per heavy atom. The maximum absolute atomic E-state index is 11.5. The van der Waals surface area contributed by atoms with Gasteiger partial charge in [0.1, 0.15) is 12.1 Å². The average Bonchev–Trinajstić information content (AvgIpc) is 2.71. The predicted molar refractivity (Wildman–Crippen MR) is 52.5 cm³/mol. The summed E-state index contributed by atoms with van der Waals surface area (Å²) in [6, 6.07) is -1.75. The molecule has 0 radical (unpaired) electrons. The van der Waals surface area contributed by atoms with Crippen LogP contribution in [0.15, 0.2) is 0 Å². The number of nitrogens with one attached hydrogen (secondary N) is 3. The third-order valence-electron chi connectivity index (χ3n) is 2.27. The van der Waals surface area contributed by atoms with Gasteiger partial charge in [-0.05, 0) is 6.42 Å². The number of rotatable bonds is 4. The van der Waals surface area contributed by atoms with Crippen LogP contribution in [0.2, 0.25) is 0 Å². The van der Waals surface area contributed by atoms with Gasteiger partial charge in [0.15, 0.2) is 0 Å². The van der Waals surface area contributed by atoms with Crippen molar-refractivity contribution < 1.29 is 19.5 Å². The van der Waals surface area contributed by atoms with Crippen LogP contribution in [0.5, 0.6) is 0 Å². The lowest BCUT2D eigenvalue weighted by Crippen LogP contribution is -2.54. The molecule has 2 atom stereocenters. The van der Waals surface area contributed by atoms with Crippen LogP contribution in [0.4, 0.5) is 0 Å². The summed E-state index contributed by atoms with van der Waals surface area (Å²) in [6.07, 6.45) is 0.665. The normalized spacial score (nSPS) is 21.1. The van der Waals surface area contributed by atoms with Crippen molar-refractivity contribution >= 4 is 17.7 Å². The number of carbonyl (C=O) groups excluding carboxylic acids is 3. The summed E-state index contributed by atoms with van der Waals surface area (Å²) in [6.45, 7) is -0.560. The minimum absolute atomic E-state index is 0.205. The third-order valence-corrected chi connectivity index (χ3v) is 2.27. The molecule has 8 heteroatoms. The molecule has 1 aliphatic rings. The van der Waals surface area contributed by atoms with E-state index in [9.17, 15) is 14.4 Å². The molecule has 8 nitrogen and oxygen atoms in total. The summed E-state index contributed by atoms with van der Waals surface area (Å²) in [7, 11) is 0. The molecule has 1 fully saturated rings. The summed E-state index contributed by atoms with van der Waals surface area (Å²) in [4.78, 5) is 33.4. The Morgan fingerprint density at radius 1 is 1.62 bits per heavy atom. The molecule has 0 aromatic rings. The minimum Gasteiger partial charge on any atom is -0.394 e. The molecule has 90 valence electrons. The highest BCUT2D eigenvalue weighted by Gasteiger charge is 2.29. The number of amides is 3. The monoisotopic (exact) mass is 230 g/mol. The largest absolute Gasteiger partial charge is 0.394 e. The molecule has 16 heavy (non-hydrogen) atoms. The first kappa shape index (κ1) is 12.4. The van der Waals surface area contributed by atoms with Crippen LogP contribution in [0.3, 0.4) is 0 Å². The zero-order valence-electron chi connectivity index (χ0n) is 8.53. The standard InChI is InChI=1S/C8H14N4O4/c9-12-8(16)5(3-13)11-7(15)4-1-2-6(14)10-4/h4-5,13H,1-3,9H2,(H,10,14)(H,11,15)(H,12,16). The van der Waals surface area contributed by atoms with Gasteiger partial charge >= 0.3 is 0 Å². The Hall–Kier alpha value is -1.67. The number of hydrazine groups is 1. The molecular formula is C8H14N4O4. The molecule has 3 amide bonds. The van der Waals surface area contributed by atoms with Gasteiger partial charge in [-0.2, -0.15) is 0 Å². The van der Waals surface area contributed by atoms with Gasteiger partial charge in [-0.15, -0.1) is 0 Å². The van der Waals surface area contributed by atoms with Crippen molar-refractivity contribution in [3.63, 3.8) is 0 Å². The van der Waals surface area contributed by atoms with E-state index in [-0.39, 0.29) is 12.3 Å². The van der Waals surface area contributed by atoms with Crippen LogP contribution in [0.25, 0.3) is 0 Å². The Morgan fingerprint density at radius 3 is 2.75 bits per heavy atom. The fourth-order valence-electron chi connectivity index (χ4n) is 1.38. The van der Waals surface area contributed by atoms with Crippen LogP contribution in [0, 0.1) is 0 Å². The number of carbonyl (C=O) groups is 3. The molecular weight excluding hydrogens is 216 g/mol. The van der Waals surface area contributed by atoms with E-state index in [2.05, 4.69) is 10.6 Å². The first-order valence-electron chi connectivity index (χ1n) is 4.79. The summed E-state index contributed by atoms with van der Waals surface area (Å²) < 4.78 is 0. The second-order valence-electron chi connectivity index (χ2n) is 3.41. The lowest BCUT2D eigenvalue weighted by molar-refractivity contribution is -0.131. The Balaban J connectivity index is 2.49. The van der Waals surface area contributed by atoms with Gasteiger partial charge in [-0.1, -0.05) is 0 Å². The lowest BCUT2D eigenvalue weighted by atomic mass is 10.2. The maximum atomic E-state index is 11.5. The van der Waals surface area contributed by atoms with Crippen molar-refractivity contribution in [2.24, 2.45) is 5.84 Å². The summed E-state index contributed by atoms with van der Waals surface area (Å²) in [5, 5.41) is 13.6. The number of hydrogen-bond acceptors (Lipinski definition) is 5. The quantitative estimate of drug-likeness (QED) is 0.196. The molecule has 6 N–H and O–H groups in total. The molecule has 0 aromatic carbocycles.